The summed E-state index contributed by atoms with van der Waals surface area (Å²) >= 11 is 5.90. The van der Waals surface area contributed by atoms with Gasteiger partial charge in [-0.25, -0.2) is 0 Å². The Labute approximate surface area is 87.3 Å². The van der Waals surface area contributed by atoms with E-state index in [2.05, 4.69) is 6.07 Å². The molecule has 0 saturated heterocycles. The third kappa shape index (κ3) is 1.10. The lowest BCUT2D eigenvalue weighted by atomic mass is 10.1. The van der Waals surface area contributed by atoms with E-state index < -0.39 is 0 Å². The number of hydrogen-bond donors (Lipinski definition) is 0. The minimum absolute atomic E-state index is 0.697. The van der Waals surface area contributed by atoms with Gasteiger partial charge in [-0.1, -0.05) is 11.6 Å². The lowest BCUT2D eigenvalue weighted by molar-refractivity contribution is 0.941. The van der Waals surface area contributed by atoms with Crippen LogP contribution in [0, 0.1) is 18.3 Å². The zero-order valence-corrected chi connectivity index (χ0v) is 8.76. The van der Waals surface area contributed by atoms with Crippen LogP contribution in [0.1, 0.15) is 11.3 Å². The number of aromatic nitrogens is 1. The summed E-state index contributed by atoms with van der Waals surface area (Å²) < 4.78 is 1.89. The van der Waals surface area contributed by atoms with E-state index in [4.69, 9.17) is 16.9 Å². The van der Waals surface area contributed by atoms with Crippen LogP contribution in [0.15, 0.2) is 18.2 Å². The molecule has 1 aromatic carbocycles. The summed E-state index contributed by atoms with van der Waals surface area (Å²) in [6.45, 7) is 1.94. The first kappa shape index (κ1) is 9.11. The number of halogens is 1. The van der Waals surface area contributed by atoms with Crippen LogP contribution in [-0.4, -0.2) is 4.57 Å². The molecule has 0 radical (unpaired) electrons. The third-order valence-electron chi connectivity index (χ3n) is 2.52. The molecule has 2 nitrogen and oxygen atoms in total. The maximum absolute atomic E-state index is 8.97. The minimum Gasteiger partial charge on any atom is -0.335 e. The Balaban J connectivity index is 2.96. The maximum Gasteiger partial charge on any atom is 0.123 e. The highest BCUT2D eigenvalue weighted by molar-refractivity contribution is 6.31. The molecule has 0 unspecified atom stereocenters. The maximum atomic E-state index is 8.97. The van der Waals surface area contributed by atoms with Crippen LogP contribution in [0.25, 0.3) is 10.9 Å². The largest absolute Gasteiger partial charge is 0.335 e. The molecule has 0 fully saturated rings. The van der Waals surface area contributed by atoms with Gasteiger partial charge in [-0.2, -0.15) is 5.26 Å². The molecule has 0 aliphatic heterocycles. The fourth-order valence-electron chi connectivity index (χ4n) is 1.76. The molecule has 1 heterocycles. The van der Waals surface area contributed by atoms with Crippen molar-refractivity contribution in [3.8, 4) is 6.07 Å². The zero-order valence-electron chi connectivity index (χ0n) is 8.00. The van der Waals surface area contributed by atoms with E-state index in [1.807, 2.05) is 36.7 Å². The average molecular weight is 205 g/mol. The number of nitrogens with zero attached hydrogens (tertiary/aromatic N) is 2. The van der Waals surface area contributed by atoms with Crippen molar-refractivity contribution in [1.82, 2.24) is 4.57 Å². The number of hydrogen-bond acceptors (Lipinski definition) is 1. The van der Waals surface area contributed by atoms with Crippen molar-refractivity contribution in [3.05, 3.63) is 34.5 Å². The normalized spacial score (nSPS) is 10.4. The standard InChI is InChI=1S/C11H9ClN2/c1-7-9-5-8(12)3-4-10(9)14(2)11(7)6-13/h3-5H,1-2H3. The Bertz CT molecular complexity index is 546. The molecule has 0 N–H and O–H groups in total. The predicted molar refractivity (Wildman–Crippen MR) is 57.4 cm³/mol. The summed E-state index contributed by atoms with van der Waals surface area (Å²) in [5, 5.41) is 10.7. The highest BCUT2D eigenvalue weighted by Gasteiger charge is 2.10. The molecule has 0 aliphatic carbocycles. The van der Waals surface area contributed by atoms with Gasteiger partial charge in [0.1, 0.15) is 11.8 Å². The van der Waals surface area contributed by atoms with Crippen molar-refractivity contribution in [1.29, 1.82) is 5.26 Å². The van der Waals surface area contributed by atoms with E-state index in [-0.39, 0.29) is 0 Å². The van der Waals surface area contributed by atoms with Crippen LogP contribution < -0.4 is 0 Å². The summed E-state index contributed by atoms with van der Waals surface area (Å²) in [4.78, 5) is 0. The van der Waals surface area contributed by atoms with E-state index in [0.29, 0.717) is 10.7 Å². The van der Waals surface area contributed by atoms with Gasteiger partial charge >= 0.3 is 0 Å². The molecule has 3 heteroatoms. The SMILES string of the molecule is Cc1c(C#N)n(C)c2ccc(Cl)cc12. The van der Waals surface area contributed by atoms with Crippen LogP contribution in [0.4, 0.5) is 0 Å². The summed E-state index contributed by atoms with van der Waals surface area (Å²) in [6, 6.07) is 7.86. The van der Waals surface area contributed by atoms with E-state index in [9.17, 15) is 0 Å². The lowest BCUT2D eigenvalue weighted by Gasteiger charge is -1.96. The Morgan fingerprint density at radius 1 is 1.43 bits per heavy atom. The number of fused-ring (bicyclic) bond motifs is 1. The van der Waals surface area contributed by atoms with Crippen LogP contribution >= 0.6 is 11.6 Å². The third-order valence-corrected chi connectivity index (χ3v) is 2.76. The van der Waals surface area contributed by atoms with Crippen molar-refractivity contribution >= 4 is 22.5 Å². The van der Waals surface area contributed by atoms with Crippen molar-refractivity contribution in [2.75, 3.05) is 0 Å². The second-order valence-corrected chi connectivity index (χ2v) is 3.74. The van der Waals surface area contributed by atoms with Crippen LogP contribution in [0.3, 0.4) is 0 Å². The highest BCUT2D eigenvalue weighted by Crippen LogP contribution is 2.26. The molecular weight excluding hydrogens is 196 g/mol. The fraction of sp³-hybridized carbons (Fsp3) is 0.182. The number of rotatable bonds is 0. The number of nitriles is 1. The predicted octanol–water partition coefficient (Wildman–Crippen LogP) is 3.01. The lowest BCUT2D eigenvalue weighted by Crippen LogP contribution is -1.91. The quantitative estimate of drug-likeness (QED) is 0.649. The van der Waals surface area contributed by atoms with Gasteiger partial charge in [-0.3, -0.25) is 0 Å². The molecule has 0 saturated carbocycles. The molecule has 14 heavy (non-hydrogen) atoms. The first-order chi connectivity index (χ1) is 6.65. The molecule has 70 valence electrons. The van der Waals surface area contributed by atoms with Gasteiger partial charge in [0.05, 0.1) is 0 Å². The van der Waals surface area contributed by atoms with Gasteiger partial charge in [-0.15, -0.1) is 0 Å². The van der Waals surface area contributed by atoms with Crippen molar-refractivity contribution < 1.29 is 0 Å². The van der Waals surface area contributed by atoms with Gasteiger partial charge < -0.3 is 4.57 Å². The van der Waals surface area contributed by atoms with Gasteiger partial charge in [0.2, 0.25) is 0 Å². The van der Waals surface area contributed by atoms with E-state index in [1.165, 1.54) is 0 Å². The first-order valence-electron chi connectivity index (χ1n) is 4.30. The monoisotopic (exact) mass is 204 g/mol. The van der Waals surface area contributed by atoms with E-state index >= 15 is 0 Å². The molecule has 1 aromatic heterocycles. The molecule has 0 aliphatic rings. The Morgan fingerprint density at radius 2 is 2.14 bits per heavy atom. The summed E-state index contributed by atoms with van der Waals surface area (Å²) in [7, 11) is 1.89. The second-order valence-electron chi connectivity index (χ2n) is 3.31. The minimum atomic E-state index is 0.697. The van der Waals surface area contributed by atoms with Crippen LogP contribution in [-0.2, 0) is 7.05 Å². The smallest absolute Gasteiger partial charge is 0.123 e. The van der Waals surface area contributed by atoms with E-state index in [0.717, 1.165) is 16.5 Å². The highest BCUT2D eigenvalue weighted by atomic mass is 35.5. The van der Waals surface area contributed by atoms with Gasteiger partial charge in [0, 0.05) is 23.0 Å². The van der Waals surface area contributed by atoms with Gasteiger partial charge in [0.25, 0.3) is 0 Å². The zero-order chi connectivity index (χ0) is 10.3. The fourth-order valence-corrected chi connectivity index (χ4v) is 1.93. The number of aryl methyl sites for hydroxylation is 2. The molecule has 0 spiro atoms. The van der Waals surface area contributed by atoms with Crippen LogP contribution in [0.2, 0.25) is 5.02 Å². The second kappa shape index (κ2) is 3.04. The van der Waals surface area contributed by atoms with E-state index in [1.54, 1.807) is 0 Å². The summed E-state index contributed by atoms with van der Waals surface area (Å²) in [6.07, 6.45) is 0. The average Bonchev–Trinajstić information content (AvgIpc) is 2.39. The molecule has 2 rings (SSSR count). The Kier molecular flexibility index (Phi) is 1.98. The Morgan fingerprint density at radius 3 is 2.79 bits per heavy atom. The van der Waals surface area contributed by atoms with Crippen molar-refractivity contribution in [2.24, 2.45) is 7.05 Å². The van der Waals surface area contributed by atoms with Gasteiger partial charge in [-0.05, 0) is 30.7 Å². The molecule has 2 aromatic rings. The van der Waals surface area contributed by atoms with Crippen molar-refractivity contribution in [2.45, 2.75) is 6.92 Å². The van der Waals surface area contributed by atoms with Crippen molar-refractivity contribution in [3.63, 3.8) is 0 Å². The summed E-state index contributed by atoms with van der Waals surface area (Å²) in [5.74, 6) is 0. The topological polar surface area (TPSA) is 28.7 Å². The molecule has 0 atom stereocenters. The van der Waals surface area contributed by atoms with Gasteiger partial charge in [0.15, 0.2) is 0 Å². The molecular formula is C11H9ClN2. The first-order valence-corrected chi connectivity index (χ1v) is 4.67. The summed E-state index contributed by atoms with van der Waals surface area (Å²) in [5.41, 5.74) is 2.73. The number of benzene rings is 1. The molecule has 0 bridgehead atoms. The van der Waals surface area contributed by atoms with Crippen LogP contribution in [0.5, 0.6) is 0 Å². The molecule has 0 amide bonds. The Hall–Kier alpha value is -1.46.